The summed E-state index contributed by atoms with van der Waals surface area (Å²) >= 11 is 1.85. The predicted molar refractivity (Wildman–Crippen MR) is 245 cm³/mol. The molecule has 0 fully saturated rings. The van der Waals surface area contributed by atoms with E-state index in [-0.39, 0.29) is 5.41 Å². The molecule has 0 amide bonds. The smallest absolute Gasteiger partial charge is 0.160 e. The highest BCUT2D eigenvalue weighted by molar-refractivity contribution is 7.25. The summed E-state index contributed by atoms with van der Waals surface area (Å²) in [5.74, 6) is 0.703. The summed E-state index contributed by atoms with van der Waals surface area (Å²) in [6, 6.07) is 70.2. The zero-order chi connectivity index (χ0) is 38.8. The van der Waals surface area contributed by atoms with Crippen molar-refractivity contribution in [1.82, 2.24) is 9.97 Å². The molecule has 10 aromatic rings. The van der Waals surface area contributed by atoms with Crippen LogP contribution in [0.15, 0.2) is 194 Å². The van der Waals surface area contributed by atoms with Crippen LogP contribution in [0.4, 0.5) is 0 Å². The van der Waals surface area contributed by atoms with E-state index in [0.717, 1.165) is 39.2 Å². The van der Waals surface area contributed by atoms with Crippen LogP contribution in [0.25, 0.3) is 98.6 Å². The zero-order valence-corrected chi connectivity index (χ0v) is 33.1. The molecule has 2 aromatic heterocycles. The molecule has 1 aliphatic rings. The second-order valence-corrected chi connectivity index (χ2v) is 16.9. The van der Waals surface area contributed by atoms with E-state index in [1.807, 2.05) is 17.4 Å². The molecule has 0 bridgehead atoms. The molecule has 2 nitrogen and oxygen atoms in total. The van der Waals surface area contributed by atoms with Crippen LogP contribution in [0.1, 0.15) is 25.0 Å². The van der Waals surface area contributed by atoms with E-state index in [1.54, 1.807) is 0 Å². The Morgan fingerprint density at radius 1 is 0.345 bits per heavy atom. The van der Waals surface area contributed by atoms with Crippen LogP contribution in [-0.2, 0) is 5.41 Å². The molecule has 274 valence electrons. The quantitative estimate of drug-likeness (QED) is 0.169. The van der Waals surface area contributed by atoms with Gasteiger partial charge in [0.1, 0.15) is 0 Å². The number of hydrogen-bond acceptors (Lipinski definition) is 3. The number of aromatic nitrogens is 2. The van der Waals surface area contributed by atoms with Crippen LogP contribution in [0, 0.1) is 0 Å². The maximum absolute atomic E-state index is 5.29. The summed E-state index contributed by atoms with van der Waals surface area (Å²) < 4.78 is 2.60. The molecule has 1 aliphatic carbocycles. The van der Waals surface area contributed by atoms with E-state index in [4.69, 9.17) is 9.97 Å². The first-order valence-electron chi connectivity index (χ1n) is 19.9. The van der Waals surface area contributed by atoms with Crippen LogP contribution in [-0.4, -0.2) is 9.97 Å². The van der Waals surface area contributed by atoms with E-state index in [9.17, 15) is 0 Å². The molecule has 2 heterocycles. The topological polar surface area (TPSA) is 25.8 Å². The molecule has 0 saturated carbocycles. The minimum atomic E-state index is -0.0670. The summed E-state index contributed by atoms with van der Waals surface area (Å²) in [5, 5.41) is 2.61. The lowest BCUT2D eigenvalue weighted by molar-refractivity contribution is 0.660. The molecule has 8 aromatic carbocycles. The molecule has 11 rings (SSSR count). The van der Waals surface area contributed by atoms with Gasteiger partial charge >= 0.3 is 0 Å². The summed E-state index contributed by atoms with van der Waals surface area (Å²) in [6.45, 7) is 4.68. The Hall–Kier alpha value is -6.94. The largest absolute Gasteiger partial charge is 0.228 e. The fourth-order valence-electron chi connectivity index (χ4n) is 8.85. The summed E-state index contributed by atoms with van der Waals surface area (Å²) in [6.07, 6.45) is 0. The second kappa shape index (κ2) is 13.6. The van der Waals surface area contributed by atoms with Crippen molar-refractivity contribution in [3.8, 4) is 78.4 Å². The van der Waals surface area contributed by atoms with Crippen molar-refractivity contribution in [2.45, 2.75) is 19.3 Å². The molecule has 0 aliphatic heterocycles. The SMILES string of the molecule is CC1(C)c2ccccc2-c2ccc(-c3cccc(-c4cc(-c5cc(-c6ccccc6)cc(-c6ccc7c(c6)sc6ccccc67)c5)nc(-c5ccccc5)n4)c3)cc21. The Balaban J connectivity index is 1.06. The van der Waals surface area contributed by atoms with Gasteiger partial charge in [-0.15, -0.1) is 11.3 Å². The Morgan fingerprint density at radius 2 is 0.897 bits per heavy atom. The fraction of sp³-hybridized carbons (Fsp3) is 0.0545. The predicted octanol–water partition coefficient (Wildman–Crippen LogP) is 15.2. The first kappa shape index (κ1) is 34.3. The number of rotatable bonds is 6. The number of hydrogen-bond donors (Lipinski definition) is 0. The van der Waals surface area contributed by atoms with E-state index in [1.165, 1.54) is 64.7 Å². The highest BCUT2D eigenvalue weighted by Gasteiger charge is 2.35. The van der Waals surface area contributed by atoms with E-state index in [0.29, 0.717) is 5.82 Å². The number of thiophene rings is 1. The molecule has 58 heavy (non-hydrogen) atoms. The van der Waals surface area contributed by atoms with Gasteiger partial charge in [0, 0.05) is 42.3 Å². The maximum Gasteiger partial charge on any atom is 0.160 e. The average Bonchev–Trinajstić information content (AvgIpc) is 3.77. The van der Waals surface area contributed by atoms with Gasteiger partial charge in [-0.2, -0.15) is 0 Å². The zero-order valence-electron chi connectivity index (χ0n) is 32.3. The van der Waals surface area contributed by atoms with Crippen molar-refractivity contribution in [2.75, 3.05) is 0 Å². The Morgan fingerprint density at radius 3 is 1.72 bits per heavy atom. The molecule has 0 atom stereocenters. The number of fused-ring (bicyclic) bond motifs is 6. The Labute approximate surface area is 342 Å². The van der Waals surface area contributed by atoms with Crippen LogP contribution in [0.5, 0.6) is 0 Å². The standard InChI is InChI=1S/C55H38N2S/c1-55(2)48-22-11-9-20-44(48)45-26-24-38(32-49(45)55)37-18-13-19-40(28-37)50-34-51(57-54(56-50)36-16-7-4-8-17-36)43-30-41(35-14-5-3-6-15-35)29-42(31-43)39-25-27-47-46-21-10-12-23-52(46)58-53(47)33-39/h3-34H,1-2H3. The first-order chi connectivity index (χ1) is 28.5. The third kappa shape index (κ3) is 5.86. The molecular formula is C55H38N2S. The third-order valence-corrected chi connectivity index (χ3v) is 13.0. The Bertz CT molecular complexity index is 3190. The minimum Gasteiger partial charge on any atom is -0.228 e. The molecule has 0 saturated heterocycles. The van der Waals surface area contributed by atoms with Gasteiger partial charge in [0.15, 0.2) is 5.82 Å². The molecule has 0 unspecified atom stereocenters. The van der Waals surface area contributed by atoms with E-state index >= 15 is 0 Å². The van der Waals surface area contributed by atoms with Crippen LogP contribution >= 0.6 is 11.3 Å². The van der Waals surface area contributed by atoms with Gasteiger partial charge in [0.25, 0.3) is 0 Å². The van der Waals surface area contributed by atoms with Crippen LogP contribution in [0.3, 0.4) is 0 Å². The van der Waals surface area contributed by atoms with E-state index in [2.05, 4.69) is 202 Å². The molecule has 0 radical (unpaired) electrons. The van der Waals surface area contributed by atoms with Gasteiger partial charge in [-0.3, -0.25) is 0 Å². The lowest BCUT2D eigenvalue weighted by Gasteiger charge is -2.22. The van der Waals surface area contributed by atoms with Crippen molar-refractivity contribution >= 4 is 31.5 Å². The highest BCUT2D eigenvalue weighted by atomic mass is 32.1. The van der Waals surface area contributed by atoms with Gasteiger partial charge in [-0.05, 0) is 104 Å². The van der Waals surface area contributed by atoms with Crippen LogP contribution < -0.4 is 0 Å². The normalized spacial score (nSPS) is 12.8. The van der Waals surface area contributed by atoms with Gasteiger partial charge in [-0.25, -0.2) is 9.97 Å². The summed E-state index contributed by atoms with van der Waals surface area (Å²) in [5.41, 5.74) is 17.2. The lowest BCUT2D eigenvalue weighted by Crippen LogP contribution is -2.14. The maximum atomic E-state index is 5.29. The van der Waals surface area contributed by atoms with Gasteiger partial charge in [0.2, 0.25) is 0 Å². The van der Waals surface area contributed by atoms with Crippen LogP contribution in [0.2, 0.25) is 0 Å². The van der Waals surface area contributed by atoms with Crippen molar-refractivity contribution < 1.29 is 0 Å². The second-order valence-electron chi connectivity index (χ2n) is 15.8. The Kier molecular flexibility index (Phi) is 8.06. The van der Waals surface area contributed by atoms with Gasteiger partial charge < -0.3 is 0 Å². The monoisotopic (exact) mass is 758 g/mol. The van der Waals surface area contributed by atoms with Crippen molar-refractivity contribution in [2.24, 2.45) is 0 Å². The van der Waals surface area contributed by atoms with Crippen molar-refractivity contribution in [3.05, 3.63) is 205 Å². The summed E-state index contributed by atoms with van der Waals surface area (Å²) in [4.78, 5) is 10.5. The first-order valence-corrected chi connectivity index (χ1v) is 20.7. The van der Waals surface area contributed by atoms with Crippen molar-refractivity contribution in [3.63, 3.8) is 0 Å². The van der Waals surface area contributed by atoms with E-state index < -0.39 is 0 Å². The molecular weight excluding hydrogens is 721 g/mol. The fourth-order valence-corrected chi connectivity index (χ4v) is 9.99. The molecule has 3 heteroatoms. The van der Waals surface area contributed by atoms with Gasteiger partial charge in [-0.1, -0.05) is 159 Å². The van der Waals surface area contributed by atoms with Crippen molar-refractivity contribution in [1.29, 1.82) is 0 Å². The minimum absolute atomic E-state index is 0.0670. The lowest BCUT2D eigenvalue weighted by atomic mass is 9.81. The van der Waals surface area contributed by atoms with Gasteiger partial charge in [0.05, 0.1) is 11.4 Å². The third-order valence-electron chi connectivity index (χ3n) is 11.9. The highest BCUT2D eigenvalue weighted by Crippen LogP contribution is 2.49. The average molecular weight is 759 g/mol. The number of nitrogens with zero attached hydrogens (tertiary/aromatic N) is 2. The number of benzene rings is 8. The summed E-state index contributed by atoms with van der Waals surface area (Å²) in [7, 11) is 0. The molecule has 0 spiro atoms. The molecule has 0 N–H and O–H groups in total.